The lowest BCUT2D eigenvalue weighted by atomic mass is 9.43. The molecule has 0 aromatic rings. The summed E-state index contributed by atoms with van der Waals surface area (Å²) in [5.74, 6) is 5.11. The number of fused-ring (bicyclic) bond motifs is 5. The third-order valence-corrected chi connectivity index (χ3v) is 13.6. The Labute approximate surface area is 280 Å². The third-order valence-electron chi connectivity index (χ3n) is 13.6. The maximum Gasteiger partial charge on any atom is 0.335 e. The van der Waals surface area contributed by atoms with E-state index in [0.29, 0.717) is 33.8 Å². The summed E-state index contributed by atoms with van der Waals surface area (Å²) in [6.07, 6.45) is 15.8. The van der Waals surface area contributed by atoms with Crippen LogP contribution >= 0.6 is 0 Å². The van der Waals surface area contributed by atoms with E-state index in [1.807, 2.05) is 0 Å². The number of methoxy groups -OCH3 is 2. The normalized spacial score (nSPS) is 34.4. The Balaban J connectivity index is 1.42. The molecule has 4 fully saturated rings. The van der Waals surface area contributed by atoms with Crippen molar-refractivity contribution in [3.8, 4) is 0 Å². The molecule has 4 rings (SSSR count). The highest BCUT2D eigenvalue weighted by Crippen LogP contribution is 2.69. The van der Waals surface area contributed by atoms with Crippen molar-refractivity contribution in [2.24, 2.45) is 64.1 Å². The van der Waals surface area contributed by atoms with Crippen molar-refractivity contribution < 1.29 is 28.5 Å². The van der Waals surface area contributed by atoms with Gasteiger partial charge in [-0.3, -0.25) is 0 Å². The van der Waals surface area contributed by atoms with E-state index >= 15 is 0 Å². The highest BCUT2D eigenvalue weighted by molar-refractivity contribution is 5.88. The van der Waals surface area contributed by atoms with Gasteiger partial charge in [0, 0.05) is 20.1 Å². The number of hydrogen-bond donors (Lipinski definition) is 0. The average Bonchev–Trinajstić information content (AvgIpc) is 3.37. The van der Waals surface area contributed by atoms with E-state index in [-0.39, 0.29) is 32.3 Å². The molecule has 0 saturated heterocycles. The largest absolute Gasteiger partial charge is 0.462 e. The van der Waals surface area contributed by atoms with Crippen LogP contribution in [0.15, 0.2) is 24.3 Å². The molecule has 0 aliphatic heterocycles. The van der Waals surface area contributed by atoms with Gasteiger partial charge in [-0.2, -0.15) is 0 Å². The summed E-state index contributed by atoms with van der Waals surface area (Å²) in [7, 11) is 3.07. The molecule has 0 aromatic heterocycles. The lowest BCUT2D eigenvalue weighted by molar-refractivity contribution is -0.150. The second kappa shape index (κ2) is 16.2. The standard InChI is InChI=1S/C40H66O6/c1-26(2)11-10-12-27(3)34-15-16-35-33-14-13-32-21-30(17-19-39(32,6)36(33)18-20-40(34,35)7)31(24-45-37(41)28(4)22-43-8)25-46-38(42)29(5)23-44-9/h26-27,30-36H,4-5,10-25H2,1-3,6-9H3/t27-,30+,32+,33+,34-,35+,36+,39+,40-/m1/s1. The number of ether oxygens (including phenoxy) is 4. The third kappa shape index (κ3) is 8.13. The van der Waals surface area contributed by atoms with Crippen molar-refractivity contribution in [2.75, 3.05) is 40.6 Å². The zero-order valence-electron chi connectivity index (χ0n) is 30.4. The molecule has 9 atom stereocenters. The van der Waals surface area contributed by atoms with Gasteiger partial charge in [0.2, 0.25) is 0 Å². The first-order chi connectivity index (χ1) is 21.8. The van der Waals surface area contributed by atoms with E-state index in [0.717, 1.165) is 48.3 Å². The predicted molar refractivity (Wildman–Crippen MR) is 184 cm³/mol. The van der Waals surface area contributed by atoms with Gasteiger partial charge in [-0.1, -0.05) is 67.0 Å². The Morgan fingerprint density at radius 2 is 1.35 bits per heavy atom. The van der Waals surface area contributed by atoms with Crippen LogP contribution in [0.5, 0.6) is 0 Å². The van der Waals surface area contributed by atoms with Crippen LogP contribution < -0.4 is 0 Å². The van der Waals surface area contributed by atoms with Gasteiger partial charge in [0.05, 0.1) is 37.6 Å². The molecule has 0 aromatic carbocycles. The zero-order chi connectivity index (χ0) is 33.6. The van der Waals surface area contributed by atoms with Crippen molar-refractivity contribution >= 4 is 11.9 Å². The lowest BCUT2D eigenvalue weighted by Crippen LogP contribution is -2.54. The maximum absolute atomic E-state index is 12.6. The second-order valence-corrected chi connectivity index (χ2v) is 16.8. The molecular weight excluding hydrogens is 576 g/mol. The molecule has 0 bridgehead atoms. The van der Waals surface area contributed by atoms with Gasteiger partial charge in [-0.25, -0.2) is 9.59 Å². The van der Waals surface area contributed by atoms with Crippen LogP contribution in [0, 0.1) is 64.1 Å². The van der Waals surface area contributed by atoms with E-state index < -0.39 is 11.9 Å². The van der Waals surface area contributed by atoms with Crippen LogP contribution in [0.4, 0.5) is 0 Å². The summed E-state index contributed by atoms with van der Waals surface area (Å²) < 4.78 is 21.6. The van der Waals surface area contributed by atoms with Gasteiger partial charge in [-0.05, 0) is 116 Å². The van der Waals surface area contributed by atoms with Crippen molar-refractivity contribution in [1.82, 2.24) is 0 Å². The molecule has 6 nitrogen and oxygen atoms in total. The Hall–Kier alpha value is -1.66. The summed E-state index contributed by atoms with van der Waals surface area (Å²) in [4.78, 5) is 25.2. The minimum atomic E-state index is -0.447. The van der Waals surface area contributed by atoms with Gasteiger partial charge in [-0.15, -0.1) is 0 Å². The van der Waals surface area contributed by atoms with Crippen molar-refractivity contribution in [1.29, 1.82) is 0 Å². The molecule has 4 aliphatic carbocycles. The number of carbonyl (C=O) groups is 2. The first-order valence-electron chi connectivity index (χ1n) is 18.5. The molecule has 0 N–H and O–H groups in total. The predicted octanol–water partition coefficient (Wildman–Crippen LogP) is 8.83. The van der Waals surface area contributed by atoms with Gasteiger partial charge in [0.1, 0.15) is 0 Å². The van der Waals surface area contributed by atoms with Crippen molar-refractivity contribution in [3.63, 3.8) is 0 Å². The summed E-state index contributed by atoms with van der Waals surface area (Å²) in [6.45, 7) is 20.9. The van der Waals surface area contributed by atoms with Crippen molar-refractivity contribution in [3.05, 3.63) is 24.3 Å². The summed E-state index contributed by atoms with van der Waals surface area (Å²) in [5, 5.41) is 0. The van der Waals surface area contributed by atoms with E-state index in [1.165, 1.54) is 78.4 Å². The van der Waals surface area contributed by atoms with E-state index in [2.05, 4.69) is 47.8 Å². The number of rotatable bonds is 16. The summed E-state index contributed by atoms with van der Waals surface area (Å²) in [5.41, 5.74) is 1.46. The highest BCUT2D eigenvalue weighted by atomic mass is 16.6. The Bertz CT molecular complexity index is 1030. The Kier molecular flexibility index (Phi) is 13.1. The van der Waals surface area contributed by atoms with E-state index in [1.54, 1.807) is 0 Å². The van der Waals surface area contributed by atoms with E-state index in [9.17, 15) is 9.59 Å². The quantitative estimate of drug-likeness (QED) is 0.124. The molecule has 0 amide bonds. The number of hydrogen-bond acceptors (Lipinski definition) is 6. The SMILES string of the molecule is C=C(COC)C(=O)OCC(COC(=O)C(=C)COC)[C@H]1CC[C@@]2(C)[C@@H](CC[C@@H]3[C@@H]2CC[C@]2(C)[C@@H]([C@H](C)CCCC(C)C)CC[C@@H]32)C1. The summed E-state index contributed by atoms with van der Waals surface area (Å²) >= 11 is 0. The van der Waals surface area contributed by atoms with E-state index in [4.69, 9.17) is 18.9 Å². The van der Waals surface area contributed by atoms with Gasteiger partial charge in [0.25, 0.3) is 0 Å². The molecule has 6 heteroatoms. The smallest absolute Gasteiger partial charge is 0.335 e. The molecule has 0 unspecified atom stereocenters. The molecular formula is C40H66O6. The van der Waals surface area contributed by atoms with Crippen LogP contribution in [0.3, 0.4) is 0 Å². The molecule has 0 spiro atoms. The zero-order valence-corrected chi connectivity index (χ0v) is 30.4. The minimum absolute atomic E-state index is 0.0664. The molecule has 4 saturated carbocycles. The van der Waals surface area contributed by atoms with Crippen LogP contribution in [-0.2, 0) is 28.5 Å². The maximum atomic E-state index is 12.6. The summed E-state index contributed by atoms with van der Waals surface area (Å²) in [6, 6.07) is 0. The molecule has 262 valence electrons. The monoisotopic (exact) mass is 642 g/mol. The van der Waals surface area contributed by atoms with Crippen molar-refractivity contribution in [2.45, 2.75) is 112 Å². The topological polar surface area (TPSA) is 71.1 Å². The highest BCUT2D eigenvalue weighted by Gasteiger charge is 2.60. The van der Waals surface area contributed by atoms with Crippen LogP contribution in [0.1, 0.15) is 112 Å². The first kappa shape index (κ1) is 37.2. The fourth-order valence-electron chi connectivity index (χ4n) is 11.1. The fourth-order valence-corrected chi connectivity index (χ4v) is 11.1. The second-order valence-electron chi connectivity index (χ2n) is 16.8. The van der Waals surface area contributed by atoms with Crippen LogP contribution in [-0.4, -0.2) is 52.6 Å². The van der Waals surface area contributed by atoms with Crippen LogP contribution in [0.25, 0.3) is 0 Å². The van der Waals surface area contributed by atoms with Gasteiger partial charge in [0.15, 0.2) is 0 Å². The molecule has 0 radical (unpaired) electrons. The molecule has 0 heterocycles. The van der Waals surface area contributed by atoms with Gasteiger partial charge < -0.3 is 18.9 Å². The average molecular weight is 643 g/mol. The Morgan fingerprint density at radius 3 is 1.93 bits per heavy atom. The van der Waals surface area contributed by atoms with Gasteiger partial charge >= 0.3 is 11.9 Å². The minimum Gasteiger partial charge on any atom is -0.462 e. The molecule has 46 heavy (non-hydrogen) atoms. The lowest BCUT2D eigenvalue weighted by Gasteiger charge is -2.61. The number of carbonyl (C=O) groups excluding carboxylic acids is 2. The molecule has 4 aliphatic rings. The number of esters is 2. The van der Waals surface area contributed by atoms with Crippen LogP contribution in [0.2, 0.25) is 0 Å². The first-order valence-corrected chi connectivity index (χ1v) is 18.5. The Morgan fingerprint density at radius 1 is 0.761 bits per heavy atom. The fraction of sp³-hybridized carbons (Fsp3) is 0.850.